The number of ether oxygens (including phenoxy) is 2. The zero-order chi connectivity index (χ0) is 14.5. The molecule has 110 valence electrons. The summed E-state index contributed by atoms with van der Waals surface area (Å²) in [5.41, 5.74) is 0.603. The van der Waals surface area contributed by atoms with Gasteiger partial charge in [-0.05, 0) is 18.9 Å². The maximum absolute atomic E-state index is 11.6. The highest BCUT2D eigenvalue weighted by molar-refractivity contribution is 5.77. The molecule has 5 heteroatoms. The number of carboxylic acid groups (broad SMARTS) is 1. The first kappa shape index (κ1) is 14.7. The SMILES string of the molecule is COc1cccc(C(NC2CCCC2)C(=O)O)c1OC. The number of carboxylic acids is 1. The van der Waals surface area contributed by atoms with Gasteiger partial charge in [-0.3, -0.25) is 10.1 Å². The fourth-order valence-electron chi connectivity index (χ4n) is 2.76. The van der Waals surface area contributed by atoms with Crippen molar-refractivity contribution in [2.75, 3.05) is 14.2 Å². The molecule has 1 unspecified atom stereocenters. The van der Waals surface area contributed by atoms with Gasteiger partial charge in [0.25, 0.3) is 0 Å². The van der Waals surface area contributed by atoms with Gasteiger partial charge in [0.1, 0.15) is 6.04 Å². The highest BCUT2D eigenvalue weighted by Gasteiger charge is 2.28. The Morgan fingerprint density at radius 1 is 1.30 bits per heavy atom. The summed E-state index contributed by atoms with van der Waals surface area (Å²) in [7, 11) is 3.07. The van der Waals surface area contributed by atoms with Gasteiger partial charge in [-0.15, -0.1) is 0 Å². The highest BCUT2D eigenvalue weighted by atomic mass is 16.5. The molecule has 1 aliphatic carbocycles. The quantitative estimate of drug-likeness (QED) is 0.836. The zero-order valence-corrected chi connectivity index (χ0v) is 11.9. The number of hydrogen-bond acceptors (Lipinski definition) is 4. The van der Waals surface area contributed by atoms with Gasteiger partial charge in [-0.1, -0.05) is 25.0 Å². The van der Waals surface area contributed by atoms with Crippen molar-refractivity contribution >= 4 is 5.97 Å². The monoisotopic (exact) mass is 279 g/mol. The van der Waals surface area contributed by atoms with Crippen molar-refractivity contribution in [3.05, 3.63) is 23.8 Å². The Morgan fingerprint density at radius 2 is 2.00 bits per heavy atom. The molecule has 1 aromatic carbocycles. The number of carbonyl (C=O) groups is 1. The van der Waals surface area contributed by atoms with Crippen molar-refractivity contribution in [1.29, 1.82) is 0 Å². The van der Waals surface area contributed by atoms with Gasteiger partial charge in [0.15, 0.2) is 11.5 Å². The molecule has 0 bridgehead atoms. The van der Waals surface area contributed by atoms with Crippen LogP contribution >= 0.6 is 0 Å². The van der Waals surface area contributed by atoms with Crippen LogP contribution in [0.25, 0.3) is 0 Å². The maximum Gasteiger partial charge on any atom is 0.325 e. The number of para-hydroxylation sites is 1. The van der Waals surface area contributed by atoms with E-state index in [1.54, 1.807) is 25.3 Å². The van der Waals surface area contributed by atoms with Gasteiger partial charge in [-0.25, -0.2) is 0 Å². The van der Waals surface area contributed by atoms with E-state index in [-0.39, 0.29) is 6.04 Å². The number of methoxy groups -OCH3 is 2. The van der Waals surface area contributed by atoms with Crippen LogP contribution < -0.4 is 14.8 Å². The molecule has 1 saturated carbocycles. The number of benzene rings is 1. The Balaban J connectivity index is 2.30. The van der Waals surface area contributed by atoms with E-state index in [4.69, 9.17) is 9.47 Å². The third-order valence-corrected chi connectivity index (χ3v) is 3.75. The van der Waals surface area contributed by atoms with Crippen LogP contribution in [-0.4, -0.2) is 31.3 Å². The average molecular weight is 279 g/mol. The van der Waals surface area contributed by atoms with E-state index in [0.717, 1.165) is 25.7 Å². The van der Waals surface area contributed by atoms with Crippen molar-refractivity contribution in [2.24, 2.45) is 0 Å². The molecule has 0 aliphatic heterocycles. The molecule has 2 rings (SSSR count). The summed E-state index contributed by atoms with van der Waals surface area (Å²) in [6.45, 7) is 0. The van der Waals surface area contributed by atoms with Gasteiger partial charge in [-0.2, -0.15) is 0 Å². The number of hydrogen-bond donors (Lipinski definition) is 2. The zero-order valence-electron chi connectivity index (χ0n) is 11.9. The van der Waals surface area contributed by atoms with Crippen LogP contribution in [0.15, 0.2) is 18.2 Å². The number of nitrogens with one attached hydrogen (secondary N) is 1. The van der Waals surface area contributed by atoms with E-state index in [2.05, 4.69) is 5.32 Å². The third-order valence-electron chi connectivity index (χ3n) is 3.75. The molecule has 0 saturated heterocycles. The Morgan fingerprint density at radius 3 is 2.55 bits per heavy atom. The first-order valence-electron chi connectivity index (χ1n) is 6.87. The Hall–Kier alpha value is -1.75. The van der Waals surface area contributed by atoms with Crippen molar-refractivity contribution in [3.8, 4) is 11.5 Å². The molecule has 5 nitrogen and oxygen atoms in total. The van der Waals surface area contributed by atoms with Crippen LogP contribution in [0.3, 0.4) is 0 Å². The van der Waals surface area contributed by atoms with Gasteiger partial charge in [0.2, 0.25) is 0 Å². The molecule has 1 aliphatic rings. The first-order valence-corrected chi connectivity index (χ1v) is 6.87. The van der Waals surface area contributed by atoms with Crippen molar-refractivity contribution in [2.45, 2.75) is 37.8 Å². The fourth-order valence-corrected chi connectivity index (χ4v) is 2.76. The van der Waals surface area contributed by atoms with E-state index in [9.17, 15) is 9.90 Å². The summed E-state index contributed by atoms with van der Waals surface area (Å²) in [6, 6.07) is 4.79. The number of aliphatic carboxylic acids is 1. The van der Waals surface area contributed by atoms with E-state index in [0.29, 0.717) is 17.1 Å². The summed E-state index contributed by atoms with van der Waals surface area (Å²) < 4.78 is 10.6. The summed E-state index contributed by atoms with van der Waals surface area (Å²) in [4.78, 5) is 11.6. The highest BCUT2D eigenvalue weighted by Crippen LogP contribution is 2.35. The van der Waals surface area contributed by atoms with Crippen LogP contribution in [0.1, 0.15) is 37.3 Å². The van der Waals surface area contributed by atoms with Crippen LogP contribution in [0.5, 0.6) is 11.5 Å². The minimum Gasteiger partial charge on any atom is -0.493 e. The lowest BCUT2D eigenvalue weighted by Crippen LogP contribution is -2.35. The van der Waals surface area contributed by atoms with Crippen LogP contribution in [0.2, 0.25) is 0 Å². The van der Waals surface area contributed by atoms with Crippen molar-refractivity contribution < 1.29 is 19.4 Å². The molecule has 20 heavy (non-hydrogen) atoms. The molecule has 1 aromatic rings. The molecule has 0 radical (unpaired) electrons. The first-order chi connectivity index (χ1) is 9.67. The topological polar surface area (TPSA) is 67.8 Å². The Kier molecular flexibility index (Phi) is 4.84. The average Bonchev–Trinajstić information content (AvgIpc) is 2.96. The minimum atomic E-state index is -0.900. The summed E-state index contributed by atoms with van der Waals surface area (Å²) in [5, 5.41) is 12.7. The summed E-state index contributed by atoms with van der Waals surface area (Å²) in [5.74, 6) is 0.126. The smallest absolute Gasteiger partial charge is 0.325 e. The van der Waals surface area contributed by atoms with Crippen LogP contribution in [0.4, 0.5) is 0 Å². The second-order valence-corrected chi connectivity index (χ2v) is 5.00. The van der Waals surface area contributed by atoms with Gasteiger partial charge >= 0.3 is 5.97 Å². The predicted molar refractivity (Wildman–Crippen MR) is 75.3 cm³/mol. The molecular weight excluding hydrogens is 258 g/mol. The van der Waals surface area contributed by atoms with E-state index < -0.39 is 12.0 Å². The second-order valence-electron chi connectivity index (χ2n) is 5.00. The molecule has 0 heterocycles. The number of rotatable bonds is 6. The lowest BCUT2D eigenvalue weighted by atomic mass is 10.0. The normalized spacial score (nSPS) is 16.9. The molecule has 1 fully saturated rings. The lowest BCUT2D eigenvalue weighted by Gasteiger charge is -2.22. The Bertz CT molecular complexity index is 469. The molecule has 0 spiro atoms. The van der Waals surface area contributed by atoms with Gasteiger partial charge < -0.3 is 14.6 Å². The Labute approximate surface area is 118 Å². The third kappa shape index (κ3) is 3.04. The van der Waals surface area contributed by atoms with Crippen molar-refractivity contribution in [1.82, 2.24) is 5.32 Å². The minimum absolute atomic E-state index is 0.256. The second kappa shape index (κ2) is 6.61. The van der Waals surface area contributed by atoms with Crippen molar-refractivity contribution in [3.63, 3.8) is 0 Å². The van der Waals surface area contributed by atoms with Gasteiger partial charge in [0.05, 0.1) is 14.2 Å². The maximum atomic E-state index is 11.6. The molecular formula is C15H21NO4. The molecule has 2 N–H and O–H groups in total. The van der Waals surface area contributed by atoms with Crippen LogP contribution in [0, 0.1) is 0 Å². The fraction of sp³-hybridized carbons (Fsp3) is 0.533. The predicted octanol–water partition coefficient (Wildman–Crippen LogP) is 2.36. The summed E-state index contributed by atoms with van der Waals surface area (Å²) in [6.07, 6.45) is 4.35. The summed E-state index contributed by atoms with van der Waals surface area (Å²) >= 11 is 0. The molecule has 0 aromatic heterocycles. The lowest BCUT2D eigenvalue weighted by molar-refractivity contribution is -0.140. The standard InChI is InChI=1S/C15H21NO4/c1-19-12-9-5-8-11(14(12)20-2)13(15(17)18)16-10-6-3-4-7-10/h5,8-10,13,16H,3-4,6-7H2,1-2H3,(H,17,18). The van der Waals surface area contributed by atoms with E-state index in [1.807, 2.05) is 0 Å². The van der Waals surface area contributed by atoms with E-state index in [1.165, 1.54) is 7.11 Å². The van der Waals surface area contributed by atoms with Crippen LogP contribution in [-0.2, 0) is 4.79 Å². The molecule has 1 atom stereocenters. The van der Waals surface area contributed by atoms with E-state index >= 15 is 0 Å². The van der Waals surface area contributed by atoms with Gasteiger partial charge in [0, 0.05) is 11.6 Å². The largest absolute Gasteiger partial charge is 0.493 e. The molecule has 0 amide bonds.